The predicted molar refractivity (Wildman–Crippen MR) is 77.1 cm³/mol. The summed E-state index contributed by atoms with van der Waals surface area (Å²) in [5.74, 6) is 0.294. The molecule has 0 aliphatic carbocycles. The largest absolute Gasteiger partial charge is 0.480 e. The Morgan fingerprint density at radius 3 is 2.63 bits per heavy atom. The number of nitrogens with zero attached hydrogens (tertiary/aromatic N) is 1. The molecule has 1 aromatic heterocycles. The summed E-state index contributed by atoms with van der Waals surface area (Å²) in [5.41, 5.74) is 1.42. The minimum atomic E-state index is -3.33. The first kappa shape index (κ1) is 15.8. The molecule has 0 saturated carbocycles. The molecular formula is C13H22N2O3S. The Balaban J connectivity index is 2.77. The first-order valence-corrected chi connectivity index (χ1v) is 8.36. The zero-order valence-corrected chi connectivity index (χ0v) is 12.6. The lowest BCUT2D eigenvalue weighted by Crippen LogP contribution is -2.11. The molecule has 0 bridgehead atoms. The molecule has 5 nitrogen and oxygen atoms in total. The topological polar surface area (TPSA) is 68.3 Å². The van der Waals surface area contributed by atoms with Gasteiger partial charge in [-0.05, 0) is 24.5 Å². The van der Waals surface area contributed by atoms with Crippen LogP contribution in [0.25, 0.3) is 0 Å². The maximum absolute atomic E-state index is 11.3. The minimum absolute atomic E-state index is 0.294. The van der Waals surface area contributed by atoms with Crippen molar-refractivity contribution in [1.29, 1.82) is 0 Å². The van der Waals surface area contributed by atoms with E-state index in [0.717, 1.165) is 24.7 Å². The maximum Gasteiger partial charge on any atom is 0.238 e. The summed E-state index contributed by atoms with van der Waals surface area (Å²) < 4.78 is 30.0. The van der Waals surface area contributed by atoms with Crippen molar-refractivity contribution in [1.82, 2.24) is 4.98 Å². The minimum Gasteiger partial charge on any atom is -0.480 e. The molecule has 1 aromatic rings. The molecule has 0 aliphatic heterocycles. The number of hydrogen-bond donors (Lipinski definition) is 1. The van der Waals surface area contributed by atoms with Crippen LogP contribution in [0.15, 0.2) is 12.3 Å². The monoisotopic (exact) mass is 286 g/mol. The number of aryl methyl sites for hydroxylation is 1. The van der Waals surface area contributed by atoms with Crippen LogP contribution in [-0.4, -0.2) is 26.8 Å². The second kappa shape index (κ2) is 7.33. The van der Waals surface area contributed by atoms with Gasteiger partial charge in [0.05, 0.1) is 13.4 Å². The molecule has 0 fully saturated rings. The highest BCUT2D eigenvalue weighted by Crippen LogP contribution is 2.24. The molecule has 108 valence electrons. The lowest BCUT2D eigenvalue weighted by atomic mass is 10.1. The zero-order valence-electron chi connectivity index (χ0n) is 11.8. The first-order valence-electron chi connectivity index (χ1n) is 6.47. The second-order valence-corrected chi connectivity index (χ2v) is 6.33. The molecule has 1 heterocycles. The number of methoxy groups -OCH3 is 1. The van der Waals surface area contributed by atoms with Gasteiger partial charge in [-0.25, -0.2) is 13.4 Å². The molecule has 0 unspecified atom stereocenters. The number of sulfonamides is 1. The van der Waals surface area contributed by atoms with Crippen LogP contribution in [0.4, 0.5) is 5.69 Å². The van der Waals surface area contributed by atoms with Gasteiger partial charge in [0, 0.05) is 6.20 Å². The Kier molecular flexibility index (Phi) is 6.08. The van der Waals surface area contributed by atoms with Gasteiger partial charge in [-0.15, -0.1) is 0 Å². The van der Waals surface area contributed by atoms with E-state index in [1.807, 2.05) is 0 Å². The van der Waals surface area contributed by atoms with Crippen molar-refractivity contribution >= 4 is 15.7 Å². The normalized spacial score (nSPS) is 11.3. The van der Waals surface area contributed by atoms with Gasteiger partial charge >= 0.3 is 0 Å². The lowest BCUT2D eigenvalue weighted by Gasteiger charge is -2.10. The third-order valence-electron chi connectivity index (χ3n) is 2.72. The average Bonchev–Trinajstić information content (AvgIpc) is 2.33. The van der Waals surface area contributed by atoms with E-state index in [2.05, 4.69) is 16.6 Å². The fourth-order valence-electron chi connectivity index (χ4n) is 1.82. The standard InChI is InChI=1S/C13H22N2O3S/c1-4-5-6-7-8-11-9-12(15-19(3,16)17)13(18-2)14-10-11/h9-10,15H,4-8H2,1-3H3. The summed E-state index contributed by atoms with van der Waals surface area (Å²) >= 11 is 0. The van der Waals surface area contributed by atoms with Gasteiger partial charge in [-0.2, -0.15) is 0 Å². The Bertz CT molecular complexity index is 501. The van der Waals surface area contributed by atoms with Crippen molar-refractivity contribution in [2.24, 2.45) is 0 Å². The fraction of sp³-hybridized carbons (Fsp3) is 0.615. The number of aromatic nitrogens is 1. The highest BCUT2D eigenvalue weighted by molar-refractivity contribution is 7.92. The Morgan fingerprint density at radius 2 is 2.05 bits per heavy atom. The van der Waals surface area contributed by atoms with Crippen molar-refractivity contribution in [3.63, 3.8) is 0 Å². The molecular weight excluding hydrogens is 264 g/mol. The quantitative estimate of drug-likeness (QED) is 0.746. The third-order valence-corrected chi connectivity index (χ3v) is 3.31. The summed E-state index contributed by atoms with van der Waals surface area (Å²) in [6.45, 7) is 2.17. The molecule has 0 radical (unpaired) electrons. The van der Waals surface area contributed by atoms with Gasteiger partial charge in [0.2, 0.25) is 15.9 Å². The van der Waals surface area contributed by atoms with E-state index in [-0.39, 0.29) is 0 Å². The second-order valence-electron chi connectivity index (χ2n) is 4.59. The number of nitrogens with one attached hydrogen (secondary N) is 1. The van der Waals surface area contributed by atoms with Crippen LogP contribution in [0, 0.1) is 0 Å². The van der Waals surface area contributed by atoms with Crippen LogP contribution < -0.4 is 9.46 Å². The molecule has 0 spiro atoms. The predicted octanol–water partition coefficient (Wildman–Crippen LogP) is 2.58. The summed E-state index contributed by atoms with van der Waals surface area (Å²) in [4.78, 5) is 4.13. The number of ether oxygens (including phenoxy) is 1. The smallest absolute Gasteiger partial charge is 0.238 e. The van der Waals surface area contributed by atoms with Gasteiger partial charge in [0.15, 0.2) is 0 Å². The van der Waals surface area contributed by atoms with Crippen molar-refractivity contribution in [2.45, 2.75) is 39.0 Å². The van der Waals surface area contributed by atoms with Crippen LogP contribution in [0.3, 0.4) is 0 Å². The Hall–Kier alpha value is -1.30. The summed E-state index contributed by atoms with van der Waals surface area (Å²) in [6, 6.07) is 1.79. The van der Waals surface area contributed by atoms with Gasteiger partial charge in [-0.1, -0.05) is 26.2 Å². The van der Waals surface area contributed by atoms with Crippen LogP contribution in [0.2, 0.25) is 0 Å². The van der Waals surface area contributed by atoms with E-state index in [1.54, 1.807) is 12.3 Å². The SMILES string of the molecule is CCCCCCc1cnc(OC)c(NS(C)(=O)=O)c1. The number of rotatable bonds is 8. The third kappa shape index (κ3) is 5.92. The summed E-state index contributed by atoms with van der Waals surface area (Å²) in [6.07, 6.45) is 8.42. The Labute approximate surface area is 115 Å². The Morgan fingerprint density at radius 1 is 1.32 bits per heavy atom. The van der Waals surface area contributed by atoms with E-state index in [4.69, 9.17) is 4.74 Å². The van der Waals surface area contributed by atoms with E-state index >= 15 is 0 Å². The molecule has 19 heavy (non-hydrogen) atoms. The van der Waals surface area contributed by atoms with Crippen LogP contribution in [0.1, 0.15) is 38.2 Å². The van der Waals surface area contributed by atoms with Crippen molar-refractivity contribution in [3.05, 3.63) is 17.8 Å². The zero-order chi connectivity index (χ0) is 14.3. The number of pyridine rings is 1. The van der Waals surface area contributed by atoms with Crippen LogP contribution in [0.5, 0.6) is 5.88 Å². The van der Waals surface area contributed by atoms with Gasteiger partial charge in [-0.3, -0.25) is 4.72 Å². The summed E-state index contributed by atoms with van der Waals surface area (Å²) in [7, 11) is -1.86. The number of anilines is 1. The molecule has 6 heteroatoms. The van der Waals surface area contributed by atoms with Gasteiger partial charge < -0.3 is 4.74 Å². The van der Waals surface area contributed by atoms with E-state index in [9.17, 15) is 8.42 Å². The molecule has 0 saturated heterocycles. The van der Waals surface area contributed by atoms with Crippen LogP contribution in [-0.2, 0) is 16.4 Å². The number of unbranched alkanes of at least 4 members (excludes halogenated alkanes) is 3. The van der Waals surface area contributed by atoms with E-state index in [1.165, 1.54) is 26.4 Å². The lowest BCUT2D eigenvalue weighted by molar-refractivity contribution is 0.400. The highest BCUT2D eigenvalue weighted by atomic mass is 32.2. The molecule has 0 aromatic carbocycles. The van der Waals surface area contributed by atoms with E-state index < -0.39 is 10.0 Å². The average molecular weight is 286 g/mol. The fourth-order valence-corrected chi connectivity index (χ4v) is 2.37. The van der Waals surface area contributed by atoms with E-state index in [0.29, 0.717) is 11.6 Å². The van der Waals surface area contributed by atoms with Gasteiger partial charge in [0.25, 0.3) is 0 Å². The van der Waals surface area contributed by atoms with Crippen molar-refractivity contribution < 1.29 is 13.2 Å². The molecule has 1 N–H and O–H groups in total. The summed E-state index contributed by atoms with van der Waals surface area (Å²) in [5, 5.41) is 0. The molecule has 0 amide bonds. The van der Waals surface area contributed by atoms with Gasteiger partial charge in [0.1, 0.15) is 5.69 Å². The molecule has 1 rings (SSSR count). The molecule has 0 atom stereocenters. The first-order chi connectivity index (χ1) is 8.96. The van der Waals surface area contributed by atoms with Crippen molar-refractivity contribution in [3.8, 4) is 5.88 Å². The molecule has 0 aliphatic rings. The maximum atomic E-state index is 11.3. The number of hydrogen-bond acceptors (Lipinski definition) is 4. The van der Waals surface area contributed by atoms with Crippen molar-refractivity contribution in [2.75, 3.05) is 18.1 Å². The van der Waals surface area contributed by atoms with Crippen LogP contribution >= 0.6 is 0 Å². The highest BCUT2D eigenvalue weighted by Gasteiger charge is 2.10.